The molecule has 0 fully saturated rings. The summed E-state index contributed by atoms with van der Waals surface area (Å²) in [5, 5.41) is 9.13. The first-order chi connectivity index (χ1) is 14.4. The zero-order valence-corrected chi connectivity index (χ0v) is 17.8. The molecular formula is C21H28N4O5. The molecule has 2 heterocycles. The minimum Gasteiger partial charge on any atom is -0.497 e. The lowest BCUT2D eigenvalue weighted by molar-refractivity contribution is 0.277. The van der Waals surface area contributed by atoms with E-state index in [9.17, 15) is 9.59 Å². The molecule has 0 amide bonds. The zero-order chi connectivity index (χ0) is 21.8. The van der Waals surface area contributed by atoms with Crippen LogP contribution in [0.1, 0.15) is 26.7 Å². The van der Waals surface area contributed by atoms with Crippen LogP contribution < -0.4 is 20.7 Å². The van der Waals surface area contributed by atoms with Gasteiger partial charge in [-0.1, -0.05) is 19.9 Å². The molecule has 0 aliphatic carbocycles. The Balaban J connectivity index is 2.19. The summed E-state index contributed by atoms with van der Waals surface area (Å²) in [5.41, 5.74) is -0.318. The molecule has 30 heavy (non-hydrogen) atoms. The maximum Gasteiger partial charge on any atom is 0.332 e. The maximum atomic E-state index is 13.2. The van der Waals surface area contributed by atoms with Crippen LogP contribution in [0, 0.1) is 5.92 Å². The first kappa shape index (κ1) is 21.6. The van der Waals surface area contributed by atoms with E-state index in [2.05, 4.69) is 18.8 Å². The minimum absolute atomic E-state index is 0.107. The Labute approximate surface area is 174 Å². The third kappa shape index (κ3) is 4.25. The first-order valence-corrected chi connectivity index (χ1v) is 10.00. The van der Waals surface area contributed by atoms with E-state index in [1.54, 1.807) is 43.0 Å². The average molecular weight is 416 g/mol. The van der Waals surface area contributed by atoms with Gasteiger partial charge in [0.2, 0.25) is 0 Å². The topological polar surface area (TPSA) is 101 Å². The van der Waals surface area contributed by atoms with Gasteiger partial charge in [0.15, 0.2) is 11.2 Å². The molecule has 9 heteroatoms. The summed E-state index contributed by atoms with van der Waals surface area (Å²) in [6.07, 6.45) is 1.12. The largest absolute Gasteiger partial charge is 0.497 e. The molecule has 0 unspecified atom stereocenters. The lowest BCUT2D eigenvalue weighted by Gasteiger charge is -2.12. The van der Waals surface area contributed by atoms with Crippen molar-refractivity contribution in [2.24, 2.45) is 13.0 Å². The van der Waals surface area contributed by atoms with Crippen molar-refractivity contribution in [2.75, 3.05) is 13.7 Å². The Morgan fingerprint density at radius 1 is 1.13 bits per heavy atom. The van der Waals surface area contributed by atoms with Crippen LogP contribution in [0.3, 0.4) is 0 Å². The number of hydrogen-bond donors (Lipinski definition) is 1. The number of fused-ring (bicyclic) bond motifs is 1. The summed E-state index contributed by atoms with van der Waals surface area (Å²) >= 11 is 0. The Kier molecular flexibility index (Phi) is 6.61. The number of hydrogen-bond acceptors (Lipinski definition) is 6. The second-order valence-electron chi connectivity index (χ2n) is 7.56. The number of aliphatic hydroxyl groups is 1. The van der Waals surface area contributed by atoms with Gasteiger partial charge in [0.25, 0.3) is 5.56 Å². The molecule has 9 nitrogen and oxygen atoms in total. The molecule has 0 spiro atoms. The Hall–Kier alpha value is -3.07. The normalized spacial score (nSPS) is 11.4. The monoisotopic (exact) mass is 416 g/mol. The van der Waals surface area contributed by atoms with Crippen molar-refractivity contribution in [2.45, 2.75) is 39.8 Å². The number of rotatable bonds is 9. The van der Waals surface area contributed by atoms with E-state index in [-0.39, 0.29) is 24.8 Å². The van der Waals surface area contributed by atoms with E-state index in [1.165, 1.54) is 4.57 Å². The van der Waals surface area contributed by atoms with Gasteiger partial charge in [0.05, 0.1) is 7.11 Å². The van der Waals surface area contributed by atoms with Crippen molar-refractivity contribution < 1.29 is 14.6 Å². The molecule has 0 aliphatic rings. The van der Waals surface area contributed by atoms with Crippen LogP contribution in [-0.4, -0.2) is 37.5 Å². The lowest BCUT2D eigenvalue weighted by Crippen LogP contribution is -2.39. The highest BCUT2D eigenvalue weighted by molar-refractivity contribution is 5.72. The zero-order valence-electron chi connectivity index (χ0n) is 17.8. The number of ether oxygens (including phenoxy) is 2. The summed E-state index contributed by atoms with van der Waals surface area (Å²) < 4.78 is 15.5. The summed E-state index contributed by atoms with van der Waals surface area (Å²) in [4.78, 5) is 30.3. The molecular weight excluding hydrogens is 388 g/mol. The number of imidazole rings is 1. The fourth-order valence-corrected chi connectivity index (χ4v) is 3.22. The van der Waals surface area contributed by atoms with Crippen LogP contribution in [0.4, 0.5) is 0 Å². The molecule has 0 bridgehead atoms. The SMILES string of the molecule is COc1cccc(Oc2nc3c(c(=O)n(CCCO)c(=O)n3C)n2CCC(C)C)c1. The van der Waals surface area contributed by atoms with Crippen LogP contribution in [0.25, 0.3) is 11.2 Å². The maximum absolute atomic E-state index is 13.2. The van der Waals surface area contributed by atoms with E-state index in [1.807, 2.05) is 0 Å². The van der Waals surface area contributed by atoms with E-state index in [0.29, 0.717) is 35.9 Å². The molecule has 0 saturated carbocycles. The third-order valence-corrected chi connectivity index (χ3v) is 4.92. The lowest BCUT2D eigenvalue weighted by atomic mass is 10.1. The van der Waals surface area contributed by atoms with Gasteiger partial charge >= 0.3 is 11.7 Å². The summed E-state index contributed by atoms with van der Waals surface area (Å²) in [6, 6.07) is 7.34. The van der Waals surface area contributed by atoms with Gasteiger partial charge in [-0.15, -0.1) is 0 Å². The number of aromatic nitrogens is 4. The van der Waals surface area contributed by atoms with Gasteiger partial charge < -0.3 is 14.6 Å². The first-order valence-electron chi connectivity index (χ1n) is 10.00. The van der Waals surface area contributed by atoms with Crippen LogP contribution in [0.2, 0.25) is 0 Å². The number of nitrogens with zero attached hydrogens (tertiary/aromatic N) is 4. The predicted molar refractivity (Wildman–Crippen MR) is 113 cm³/mol. The third-order valence-electron chi connectivity index (χ3n) is 4.92. The molecule has 162 valence electrons. The molecule has 3 aromatic rings. The highest BCUT2D eigenvalue weighted by Crippen LogP contribution is 2.27. The van der Waals surface area contributed by atoms with Gasteiger partial charge in [-0.25, -0.2) is 4.79 Å². The Morgan fingerprint density at radius 2 is 1.87 bits per heavy atom. The van der Waals surface area contributed by atoms with Crippen LogP contribution in [0.5, 0.6) is 17.5 Å². The second-order valence-corrected chi connectivity index (χ2v) is 7.56. The molecule has 2 aromatic heterocycles. The van der Waals surface area contributed by atoms with Crippen molar-refractivity contribution in [3.05, 3.63) is 45.1 Å². The van der Waals surface area contributed by atoms with Crippen LogP contribution >= 0.6 is 0 Å². The van der Waals surface area contributed by atoms with E-state index in [4.69, 9.17) is 14.6 Å². The fourth-order valence-electron chi connectivity index (χ4n) is 3.22. The second kappa shape index (κ2) is 9.17. The van der Waals surface area contributed by atoms with E-state index >= 15 is 0 Å². The molecule has 1 aromatic carbocycles. The highest BCUT2D eigenvalue weighted by Gasteiger charge is 2.21. The van der Waals surface area contributed by atoms with Gasteiger partial charge in [-0.2, -0.15) is 4.98 Å². The van der Waals surface area contributed by atoms with Gasteiger partial charge in [0.1, 0.15) is 11.5 Å². The summed E-state index contributed by atoms with van der Waals surface area (Å²) in [7, 11) is 3.15. The molecule has 0 saturated heterocycles. The Bertz CT molecular complexity index is 1140. The van der Waals surface area contributed by atoms with Gasteiger partial charge in [-0.3, -0.25) is 18.5 Å². The van der Waals surface area contributed by atoms with E-state index < -0.39 is 11.2 Å². The standard InChI is InChI=1S/C21H28N4O5/c1-14(2)9-11-24-17-18(23(3)21(28)25(19(17)27)10-6-12-26)22-20(24)30-16-8-5-7-15(13-16)29-4/h5,7-8,13-14,26H,6,9-12H2,1-4H3. The van der Waals surface area contributed by atoms with Gasteiger partial charge in [0, 0.05) is 32.8 Å². The van der Waals surface area contributed by atoms with Crippen molar-refractivity contribution in [1.82, 2.24) is 18.7 Å². The highest BCUT2D eigenvalue weighted by atomic mass is 16.5. The van der Waals surface area contributed by atoms with Crippen molar-refractivity contribution in [1.29, 1.82) is 0 Å². The fraction of sp³-hybridized carbons (Fsp3) is 0.476. The molecule has 1 N–H and O–H groups in total. The number of aryl methyl sites for hydroxylation is 2. The number of methoxy groups -OCH3 is 1. The molecule has 0 aliphatic heterocycles. The molecule has 3 rings (SSSR count). The average Bonchev–Trinajstić information content (AvgIpc) is 3.09. The van der Waals surface area contributed by atoms with Crippen molar-refractivity contribution in [3.8, 4) is 17.5 Å². The quantitative estimate of drug-likeness (QED) is 0.574. The Morgan fingerprint density at radius 3 is 2.53 bits per heavy atom. The minimum atomic E-state index is -0.470. The van der Waals surface area contributed by atoms with E-state index in [0.717, 1.165) is 11.0 Å². The van der Waals surface area contributed by atoms with Gasteiger partial charge in [-0.05, 0) is 30.9 Å². The summed E-state index contributed by atoms with van der Waals surface area (Å²) in [6.45, 7) is 4.73. The number of benzene rings is 1. The molecule has 0 atom stereocenters. The van der Waals surface area contributed by atoms with Crippen molar-refractivity contribution in [3.63, 3.8) is 0 Å². The molecule has 0 radical (unpaired) electrons. The van der Waals surface area contributed by atoms with Crippen molar-refractivity contribution >= 4 is 11.2 Å². The predicted octanol–water partition coefficient (Wildman–Crippen LogP) is 2.13. The van der Waals surface area contributed by atoms with Crippen LogP contribution in [0.15, 0.2) is 33.9 Å². The van der Waals surface area contributed by atoms with Crippen LogP contribution in [-0.2, 0) is 20.1 Å². The summed E-state index contributed by atoms with van der Waals surface area (Å²) in [5.74, 6) is 1.55. The number of aliphatic hydroxyl groups excluding tert-OH is 1. The smallest absolute Gasteiger partial charge is 0.332 e.